The molecule has 1 atom stereocenters. The van der Waals surface area contributed by atoms with Gasteiger partial charge in [0.25, 0.3) is 0 Å². The van der Waals surface area contributed by atoms with E-state index in [1.54, 1.807) is 19.0 Å². The monoisotopic (exact) mass is 373 g/mol. The van der Waals surface area contributed by atoms with Crippen LogP contribution in [0, 0.1) is 0 Å². The van der Waals surface area contributed by atoms with Gasteiger partial charge in [0.2, 0.25) is 5.95 Å². The highest BCUT2D eigenvalue weighted by Crippen LogP contribution is 2.32. The fourth-order valence-electron chi connectivity index (χ4n) is 3.46. The van der Waals surface area contributed by atoms with Crippen LogP contribution >= 0.6 is 0 Å². The predicted molar refractivity (Wildman–Crippen MR) is 93.6 cm³/mol. The molecule has 0 aliphatic carbocycles. The fourth-order valence-corrected chi connectivity index (χ4v) is 3.46. The van der Waals surface area contributed by atoms with Gasteiger partial charge in [0.05, 0.1) is 13.2 Å². The van der Waals surface area contributed by atoms with Gasteiger partial charge in [-0.3, -0.25) is 4.90 Å². The van der Waals surface area contributed by atoms with E-state index in [1.165, 1.54) is 0 Å². The minimum Gasteiger partial charge on any atom is -0.379 e. The summed E-state index contributed by atoms with van der Waals surface area (Å²) in [6.07, 6.45) is -1.53. The third kappa shape index (κ3) is 4.56. The van der Waals surface area contributed by atoms with E-state index in [0.717, 1.165) is 45.0 Å². The number of morpholine rings is 1. The number of rotatable bonds is 4. The van der Waals surface area contributed by atoms with Gasteiger partial charge in [-0.25, -0.2) is 4.98 Å². The lowest BCUT2D eigenvalue weighted by Crippen LogP contribution is -2.50. The fraction of sp³-hybridized carbons (Fsp3) is 0.765. The molecule has 0 amide bonds. The average Bonchev–Trinajstić information content (AvgIpc) is 2.62. The van der Waals surface area contributed by atoms with Gasteiger partial charge in [-0.05, 0) is 19.3 Å². The molecule has 2 saturated heterocycles. The Hall–Kier alpha value is -1.61. The number of aromatic nitrogens is 2. The molecule has 6 nitrogen and oxygen atoms in total. The zero-order valence-electron chi connectivity index (χ0n) is 15.3. The van der Waals surface area contributed by atoms with Crippen molar-refractivity contribution < 1.29 is 17.9 Å². The summed E-state index contributed by atoms with van der Waals surface area (Å²) in [6, 6.07) is 1.13. The van der Waals surface area contributed by atoms with Crippen molar-refractivity contribution in [1.82, 2.24) is 14.9 Å². The number of nitrogens with zero attached hydrogens (tertiary/aromatic N) is 5. The maximum atomic E-state index is 13.3. The summed E-state index contributed by atoms with van der Waals surface area (Å²) >= 11 is 0. The molecule has 0 N–H and O–H groups in total. The van der Waals surface area contributed by atoms with Gasteiger partial charge in [-0.15, -0.1) is 0 Å². The first-order valence-electron chi connectivity index (χ1n) is 9.05. The molecule has 1 unspecified atom stereocenters. The van der Waals surface area contributed by atoms with Gasteiger partial charge in [0, 0.05) is 52.4 Å². The van der Waals surface area contributed by atoms with Crippen molar-refractivity contribution in [3.8, 4) is 0 Å². The Morgan fingerprint density at radius 3 is 2.54 bits per heavy atom. The summed E-state index contributed by atoms with van der Waals surface area (Å²) < 4.78 is 45.3. The van der Waals surface area contributed by atoms with Crippen LogP contribution in [0.5, 0.6) is 0 Å². The number of piperidine rings is 1. The Kier molecular flexibility index (Phi) is 5.86. The summed E-state index contributed by atoms with van der Waals surface area (Å²) in [7, 11) is 3.38. The topological polar surface area (TPSA) is 44.7 Å². The van der Waals surface area contributed by atoms with Gasteiger partial charge in [0.15, 0.2) is 5.69 Å². The number of ether oxygens (including phenoxy) is 1. The van der Waals surface area contributed by atoms with E-state index in [1.807, 2.05) is 4.90 Å². The van der Waals surface area contributed by atoms with Crippen molar-refractivity contribution in [3.63, 3.8) is 0 Å². The Morgan fingerprint density at radius 1 is 1.15 bits per heavy atom. The number of halogens is 3. The normalized spacial score (nSPS) is 22.5. The maximum Gasteiger partial charge on any atom is 0.433 e. The molecule has 2 aliphatic heterocycles. The van der Waals surface area contributed by atoms with Crippen molar-refractivity contribution in [2.24, 2.45) is 0 Å². The predicted octanol–water partition coefficient (Wildman–Crippen LogP) is 2.25. The second-order valence-electron chi connectivity index (χ2n) is 7.06. The van der Waals surface area contributed by atoms with Crippen molar-refractivity contribution in [2.45, 2.75) is 31.5 Å². The average molecular weight is 373 g/mol. The van der Waals surface area contributed by atoms with Crippen molar-refractivity contribution in [1.29, 1.82) is 0 Å². The Labute approximate surface area is 151 Å². The lowest BCUT2D eigenvalue weighted by atomic mass is 10.0. The molecule has 0 bridgehead atoms. The van der Waals surface area contributed by atoms with Gasteiger partial charge >= 0.3 is 6.18 Å². The van der Waals surface area contributed by atoms with E-state index in [2.05, 4.69) is 14.9 Å². The molecule has 0 radical (unpaired) electrons. The summed E-state index contributed by atoms with van der Waals surface area (Å²) in [6.45, 7) is 4.62. The number of hydrogen-bond acceptors (Lipinski definition) is 6. The number of alkyl halides is 3. The van der Waals surface area contributed by atoms with Crippen LogP contribution in [0.2, 0.25) is 0 Å². The molecule has 0 aromatic carbocycles. The first-order chi connectivity index (χ1) is 12.3. The van der Waals surface area contributed by atoms with Crippen molar-refractivity contribution in [2.75, 3.05) is 63.3 Å². The van der Waals surface area contributed by atoms with Crippen molar-refractivity contribution in [3.05, 3.63) is 11.8 Å². The van der Waals surface area contributed by atoms with E-state index in [-0.39, 0.29) is 17.8 Å². The van der Waals surface area contributed by atoms with E-state index in [4.69, 9.17) is 4.74 Å². The van der Waals surface area contributed by atoms with E-state index < -0.39 is 11.9 Å². The largest absolute Gasteiger partial charge is 0.433 e. The summed E-state index contributed by atoms with van der Waals surface area (Å²) in [5, 5.41) is 0. The SMILES string of the molecule is CN(C)c1cc(C(F)(F)F)nc(N2CCCCC2CN2CCOCC2)n1. The molecular formula is C17H26F3N5O. The van der Waals surface area contributed by atoms with Gasteiger partial charge in [-0.1, -0.05) is 0 Å². The highest BCUT2D eigenvalue weighted by atomic mass is 19.4. The molecule has 0 saturated carbocycles. The van der Waals surface area contributed by atoms with Crippen LogP contribution in [0.15, 0.2) is 6.07 Å². The number of anilines is 2. The van der Waals surface area contributed by atoms with E-state index >= 15 is 0 Å². The summed E-state index contributed by atoms with van der Waals surface area (Å²) in [4.78, 5) is 14.1. The molecule has 26 heavy (non-hydrogen) atoms. The molecule has 3 rings (SSSR count). The second kappa shape index (κ2) is 7.96. The van der Waals surface area contributed by atoms with Gasteiger partial charge in [-0.2, -0.15) is 18.2 Å². The quantitative estimate of drug-likeness (QED) is 0.807. The van der Waals surface area contributed by atoms with Crippen LogP contribution < -0.4 is 9.80 Å². The van der Waals surface area contributed by atoms with Crippen LogP contribution in [-0.4, -0.2) is 74.4 Å². The van der Waals surface area contributed by atoms with Crippen molar-refractivity contribution >= 4 is 11.8 Å². The van der Waals surface area contributed by atoms with Crippen LogP contribution in [0.1, 0.15) is 25.0 Å². The van der Waals surface area contributed by atoms with Crippen LogP contribution in [0.4, 0.5) is 24.9 Å². The highest BCUT2D eigenvalue weighted by Gasteiger charge is 2.36. The van der Waals surface area contributed by atoms with Gasteiger partial charge < -0.3 is 14.5 Å². The first kappa shape index (κ1) is 19.2. The molecule has 9 heteroatoms. The molecule has 2 aliphatic rings. The van der Waals surface area contributed by atoms with Gasteiger partial charge in [0.1, 0.15) is 5.82 Å². The molecule has 146 valence electrons. The standard InChI is InChI=1S/C17H26F3N5O/c1-23(2)15-11-14(17(18,19)20)21-16(22-15)25-6-4-3-5-13(25)12-24-7-9-26-10-8-24/h11,13H,3-10,12H2,1-2H3. The Balaban J connectivity index is 1.87. The molecule has 3 heterocycles. The Morgan fingerprint density at radius 2 is 1.88 bits per heavy atom. The first-order valence-corrected chi connectivity index (χ1v) is 9.05. The molecular weight excluding hydrogens is 347 g/mol. The second-order valence-corrected chi connectivity index (χ2v) is 7.06. The van der Waals surface area contributed by atoms with Crippen LogP contribution in [0.25, 0.3) is 0 Å². The summed E-state index contributed by atoms with van der Waals surface area (Å²) in [5.41, 5.74) is -0.887. The van der Waals surface area contributed by atoms with E-state index in [9.17, 15) is 13.2 Å². The minimum absolute atomic E-state index is 0.125. The summed E-state index contributed by atoms with van der Waals surface area (Å²) in [5.74, 6) is 0.458. The lowest BCUT2D eigenvalue weighted by molar-refractivity contribution is -0.141. The third-order valence-electron chi connectivity index (χ3n) is 4.91. The Bertz CT molecular complexity index is 605. The molecule has 0 spiro atoms. The van der Waals surface area contributed by atoms with E-state index in [0.29, 0.717) is 19.8 Å². The smallest absolute Gasteiger partial charge is 0.379 e. The third-order valence-corrected chi connectivity index (χ3v) is 4.91. The number of hydrogen-bond donors (Lipinski definition) is 0. The van der Waals surface area contributed by atoms with Crippen LogP contribution in [0.3, 0.4) is 0 Å². The zero-order chi connectivity index (χ0) is 18.7. The maximum absolute atomic E-state index is 13.3. The highest BCUT2D eigenvalue weighted by molar-refractivity contribution is 5.46. The molecule has 2 fully saturated rings. The molecule has 1 aromatic rings. The molecule has 1 aromatic heterocycles. The lowest BCUT2D eigenvalue weighted by Gasteiger charge is -2.40. The van der Waals surface area contributed by atoms with Crippen LogP contribution in [-0.2, 0) is 10.9 Å². The zero-order valence-corrected chi connectivity index (χ0v) is 15.3. The minimum atomic E-state index is -4.49.